The summed E-state index contributed by atoms with van der Waals surface area (Å²) in [4.78, 5) is -10.8. The standard InChI is InChI=1S/C12HF25N2O2/c13-1(14,5(22,23)39(6(24,25)3(16,17)18)7(26,27)4(19,20)21)2(15,10(32,33)40)38-8(28,29)11(34,35)41-12(36,37)9(38,30)31/h40H. The van der Waals surface area contributed by atoms with Crippen molar-refractivity contribution in [1.29, 1.82) is 0 Å². The molecule has 1 saturated heterocycles. The van der Waals surface area contributed by atoms with Gasteiger partial charge in [0.15, 0.2) is 0 Å². The van der Waals surface area contributed by atoms with E-state index in [1.54, 1.807) is 0 Å². The highest BCUT2D eigenvalue weighted by molar-refractivity contribution is 5.14. The molecular formula is C12HF25N2O2. The maximum Gasteiger partial charge on any atom is 0.469 e. The van der Waals surface area contributed by atoms with Crippen LogP contribution in [0.25, 0.3) is 0 Å². The van der Waals surface area contributed by atoms with Crippen molar-refractivity contribution in [3.63, 3.8) is 0 Å². The normalized spacial score (nSPS) is 24.4. The van der Waals surface area contributed by atoms with Crippen molar-refractivity contribution >= 4 is 0 Å². The van der Waals surface area contributed by atoms with Gasteiger partial charge in [0.2, 0.25) is 0 Å². The summed E-state index contributed by atoms with van der Waals surface area (Å²) in [5, 5.41) is 8.10. The lowest BCUT2D eigenvalue weighted by atomic mass is 9.97. The summed E-state index contributed by atoms with van der Waals surface area (Å²) in [7, 11) is 0. The number of hydrogen-bond acceptors (Lipinski definition) is 4. The van der Waals surface area contributed by atoms with Crippen LogP contribution in [0.3, 0.4) is 0 Å². The van der Waals surface area contributed by atoms with Crippen molar-refractivity contribution in [2.75, 3.05) is 0 Å². The molecule has 0 aromatic rings. The third-order valence-corrected chi connectivity index (χ3v) is 4.54. The van der Waals surface area contributed by atoms with Gasteiger partial charge in [0.1, 0.15) is 0 Å². The molecule has 0 amide bonds. The highest BCUT2D eigenvalue weighted by Gasteiger charge is 2.98. The Hall–Kier alpha value is -1.91. The average Bonchev–Trinajstić information content (AvgIpc) is 2.61. The van der Waals surface area contributed by atoms with E-state index in [9.17, 15) is 110 Å². The fourth-order valence-electron chi connectivity index (χ4n) is 2.69. The lowest BCUT2D eigenvalue weighted by Crippen LogP contribution is -2.87. The maximum atomic E-state index is 14.8. The summed E-state index contributed by atoms with van der Waals surface area (Å²) in [5.41, 5.74) is 0. The molecule has 1 aliphatic rings. The summed E-state index contributed by atoms with van der Waals surface area (Å²) in [5.74, 6) is -19.3. The molecule has 1 rings (SSSR count). The average molecular weight is 680 g/mol. The number of alkyl halides is 25. The van der Waals surface area contributed by atoms with Crippen LogP contribution in [0.4, 0.5) is 110 Å². The minimum Gasteiger partial charge on any atom is -0.332 e. The summed E-state index contributed by atoms with van der Waals surface area (Å²) in [6, 6.07) is -44.5. The lowest BCUT2D eigenvalue weighted by molar-refractivity contribution is -0.606. The van der Waals surface area contributed by atoms with Crippen LogP contribution in [0.15, 0.2) is 0 Å². The Kier molecular flexibility index (Phi) is 7.98. The highest BCUT2D eigenvalue weighted by atomic mass is 19.4. The molecule has 29 heteroatoms. The Labute approximate surface area is 203 Å². The first-order valence-corrected chi connectivity index (χ1v) is 8.45. The van der Waals surface area contributed by atoms with E-state index in [2.05, 4.69) is 0 Å². The van der Waals surface area contributed by atoms with Crippen LogP contribution in [0.5, 0.6) is 0 Å². The molecule has 0 aliphatic carbocycles. The molecule has 0 radical (unpaired) electrons. The minimum absolute atomic E-state index is 1.39. The van der Waals surface area contributed by atoms with Crippen molar-refractivity contribution in [2.45, 2.75) is 72.6 Å². The van der Waals surface area contributed by atoms with Crippen LogP contribution in [-0.2, 0) is 4.74 Å². The van der Waals surface area contributed by atoms with Gasteiger partial charge in [0, 0.05) is 0 Å². The van der Waals surface area contributed by atoms with Crippen molar-refractivity contribution in [1.82, 2.24) is 9.80 Å². The van der Waals surface area contributed by atoms with Gasteiger partial charge < -0.3 is 5.11 Å². The van der Waals surface area contributed by atoms with Crippen LogP contribution >= 0.6 is 0 Å². The number of nitrogens with zero attached hydrogens (tertiary/aromatic N) is 2. The molecule has 4 nitrogen and oxygen atoms in total. The Morgan fingerprint density at radius 3 is 0.976 bits per heavy atom. The first-order chi connectivity index (χ1) is 17.2. The van der Waals surface area contributed by atoms with Gasteiger partial charge in [0.05, 0.1) is 0 Å². The molecule has 1 N–H and O–H groups in total. The molecule has 246 valence electrons. The Bertz CT molecular complexity index is 940. The third kappa shape index (κ3) is 4.67. The molecule has 41 heavy (non-hydrogen) atoms. The Morgan fingerprint density at radius 1 is 0.488 bits per heavy atom. The van der Waals surface area contributed by atoms with Crippen LogP contribution in [0, 0.1) is 0 Å². The second-order valence-electron chi connectivity index (χ2n) is 7.25. The van der Waals surface area contributed by atoms with Crippen molar-refractivity contribution in [2.24, 2.45) is 0 Å². The van der Waals surface area contributed by atoms with Gasteiger partial charge in [-0.2, -0.15) is 105 Å². The summed E-state index contributed by atoms with van der Waals surface area (Å²) in [6.07, 6.45) is -41.3. The molecule has 1 atom stereocenters. The number of ether oxygens (including phenoxy) is 1. The zero-order valence-corrected chi connectivity index (χ0v) is 17.2. The van der Waals surface area contributed by atoms with Gasteiger partial charge in [-0.05, 0) is 0 Å². The monoisotopic (exact) mass is 680 g/mol. The Morgan fingerprint density at radius 2 is 0.756 bits per heavy atom. The van der Waals surface area contributed by atoms with Crippen LogP contribution < -0.4 is 0 Å². The second kappa shape index (κ2) is 8.82. The van der Waals surface area contributed by atoms with Crippen LogP contribution in [0.1, 0.15) is 0 Å². The minimum atomic E-state index is -9.78. The molecule has 0 aromatic heterocycles. The lowest BCUT2D eigenvalue weighted by Gasteiger charge is -2.55. The van der Waals surface area contributed by atoms with Gasteiger partial charge in [-0.3, -0.25) is 0 Å². The van der Waals surface area contributed by atoms with E-state index >= 15 is 0 Å². The summed E-state index contributed by atoms with van der Waals surface area (Å²) in [6.45, 7) is 0. The first kappa shape index (κ1) is 37.1. The fourth-order valence-corrected chi connectivity index (χ4v) is 2.69. The predicted octanol–water partition coefficient (Wildman–Crippen LogP) is 6.78. The number of morpholine rings is 1. The molecule has 0 spiro atoms. The van der Waals surface area contributed by atoms with Gasteiger partial charge in [-0.1, -0.05) is 4.90 Å². The van der Waals surface area contributed by atoms with Gasteiger partial charge in [-0.25, -0.2) is 9.13 Å². The first-order valence-electron chi connectivity index (χ1n) is 8.45. The zero-order chi connectivity index (χ0) is 33.9. The highest BCUT2D eigenvalue weighted by Crippen LogP contribution is 2.66. The van der Waals surface area contributed by atoms with E-state index in [1.165, 1.54) is 4.74 Å². The maximum absolute atomic E-state index is 14.8. The van der Waals surface area contributed by atoms with E-state index in [4.69, 9.17) is 5.11 Å². The number of hydrogen-bond donors (Lipinski definition) is 1. The van der Waals surface area contributed by atoms with E-state index in [-0.39, 0.29) is 0 Å². The van der Waals surface area contributed by atoms with E-state index in [0.717, 1.165) is 0 Å². The molecule has 0 saturated carbocycles. The second-order valence-corrected chi connectivity index (χ2v) is 7.25. The van der Waals surface area contributed by atoms with Gasteiger partial charge in [0.25, 0.3) is 0 Å². The molecule has 1 aliphatic heterocycles. The molecular weight excluding hydrogens is 679 g/mol. The molecule has 1 unspecified atom stereocenters. The topological polar surface area (TPSA) is 35.9 Å². The van der Waals surface area contributed by atoms with Gasteiger partial charge >= 0.3 is 72.6 Å². The van der Waals surface area contributed by atoms with E-state index in [0.29, 0.717) is 0 Å². The number of rotatable bonds is 7. The van der Waals surface area contributed by atoms with E-state index in [1.807, 2.05) is 0 Å². The summed E-state index contributed by atoms with van der Waals surface area (Å²) < 4.78 is 336. The van der Waals surface area contributed by atoms with Crippen molar-refractivity contribution in [3.8, 4) is 0 Å². The quantitative estimate of drug-likeness (QED) is 0.238. The third-order valence-electron chi connectivity index (χ3n) is 4.54. The van der Waals surface area contributed by atoms with Crippen LogP contribution in [0.2, 0.25) is 0 Å². The van der Waals surface area contributed by atoms with Crippen molar-refractivity contribution < 1.29 is 120 Å². The summed E-state index contributed by atoms with van der Waals surface area (Å²) >= 11 is 0. The smallest absolute Gasteiger partial charge is 0.332 e. The number of aliphatic hydroxyl groups is 1. The van der Waals surface area contributed by atoms with E-state index < -0.39 is 82.4 Å². The van der Waals surface area contributed by atoms with Crippen molar-refractivity contribution in [3.05, 3.63) is 0 Å². The molecule has 1 fully saturated rings. The van der Waals surface area contributed by atoms with Gasteiger partial charge in [-0.15, -0.1) is 4.90 Å². The fraction of sp³-hybridized carbons (Fsp3) is 1.00. The molecule has 0 bridgehead atoms. The SMILES string of the molecule is OC(F)(F)C(F)(N1C(F)(F)C(F)(F)OC(F)(F)C1(F)F)C(F)(F)C(F)(F)N(C(F)(F)C(F)(F)F)C(F)(F)C(F)(F)F. The predicted molar refractivity (Wildman–Crippen MR) is 67.5 cm³/mol. The Balaban J connectivity index is 4.45. The number of halogens is 25. The molecule has 1 heterocycles. The largest absolute Gasteiger partial charge is 0.469 e. The van der Waals surface area contributed by atoms with Crippen LogP contribution in [-0.4, -0.2) is 87.5 Å². The molecule has 0 aromatic carbocycles. The zero-order valence-electron chi connectivity index (χ0n) is 17.2.